The smallest absolute Gasteiger partial charge is 0.271 e. The summed E-state index contributed by atoms with van der Waals surface area (Å²) >= 11 is 1.62. The van der Waals surface area contributed by atoms with Crippen molar-refractivity contribution in [2.45, 2.75) is 11.8 Å². The molecule has 2 heterocycles. The van der Waals surface area contributed by atoms with E-state index in [1.165, 1.54) is 11.8 Å². The van der Waals surface area contributed by atoms with Crippen molar-refractivity contribution in [2.75, 3.05) is 12.3 Å². The molecule has 31 heavy (non-hydrogen) atoms. The van der Waals surface area contributed by atoms with Gasteiger partial charge in [-0.3, -0.25) is 14.6 Å². The summed E-state index contributed by atoms with van der Waals surface area (Å²) in [5, 5.41) is 3.92. The largest absolute Gasteiger partial charge is 0.326 e. The number of hydrogen-bond donors (Lipinski definition) is 1. The van der Waals surface area contributed by atoms with Crippen molar-refractivity contribution < 1.29 is 9.59 Å². The molecule has 1 saturated heterocycles. The molecule has 1 aliphatic heterocycles. The van der Waals surface area contributed by atoms with Crippen molar-refractivity contribution in [1.29, 1.82) is 0 Å². The minimum absolute atomic E-state index is 0.0319. The third kappa shape index (κ3) is 5.38. The Hall–Kier alpha value is -3.45. The first-order valence-electron chi connectivity index (χ1n) is 10.00. The Morgan fingerprint density at radius 1 is 1.10 bits per heavy atom. The predicted molar refractivity (Wildman–Crippen MR) is 123 cm³/mol. The summed E-state index contributed by atoms with van der Waals surface area (Å²) < 4.78 is 0. The molecule has 1 aromatic heterocycles. The molecule has 2 amide bonds. The number of hydrazone groups is 1. The quantitative estimate of drug-likeness (QED) is 0.459. The van der Waals surface area contributed by atoms with Crippen molar-refractivity contribution in [3.63, 3.8) is 0 Å². The van der Waals surface area contributed by atoms with Crippen LogP contribution in [0, 0.1) is 0 Å². The van der Waals surface area contributed by atoms with Crippen LogP contribution in [0.4, 0.5) is 0 Å². The lowest BCUT2D eigenvalue weighted by atomic mass is 10.1. The number of amides is 2. The van der Waals surface area contributed by atoms with E-state index in [0.29, 0.717) is 23.6 Å². The molecule has 156 valence electrons. The van der Waals surface area contributed by atoms with Crippen molar-refractivity contribution in [2.24, 2.45) is 5.10 Å². The third-order valence-electron chi connectivity index (χ3n) is 4.96. The maximum absolute atomic E-state index is 12.4. The lowest BCUT2D eigenvalue weighted by Crippen LogP contribution is -2.30. The third-order valence-corrected chi connectivity index (χ3v) is 6.22. The van der Waals surface area contributed by atoms with E-state index in [1.54, 1.807) is 36.2 Å². The number of hydrogen-bond acceptors (Lipinski definition) is 5. The molecule has 0 saturated carbocycles. The first-order valence-corrected chi connectivity index (χ1v) is 11.0. The molecule has 0 unspecified atom stereocenters. The van der Waals surface area contributed by atoms with Gasteiger partial charge in [0.1, 0.15) is 5.37 Å². The van der Waals surface area contributed by atoms with E-state index < -0.39 is 0 Å². The lowest BCUT2D eigenvalue weighted by molar-refractivity contribution is -0.128. The van der Waals surface area contributed by atoms with Gasteiger partial charge in [0, 0.05) is 18.3 Å². The Kier molecular flexibility index (Phi) is 6.74. The van der Waals surface area contributed by atoms with Gasteiger partial charge in [0.05, 0.1) is 17.7 Å². The highest BCUT2D eigenvalue weighted by molar-refractivity contribution is 8.00. The van der Waals surface area contributed by atoms with Crippen molar-refractivity contribution in [1.82, 2.24) is 15.3 Å². The Labute approximate surface area is 185 Å². The van der Waals surface area contributed by atoms with Crippen molar-refractivity contribution >= 4 is 29.8 Å². The van der Waals surface area contributed by atoms with E-state index in [1.807, 2.05) is 47.4 Å². The highest BCUT2D eigenvalue weighted by atomic mass is 32.2. The molecule has 0 radical (unpaired) electrons. The average Bonchev–Trinajstić information content (AvgIpc) is 3.19. The van der Waals surface area contributed by atoms with Crippen LogP contribution in [0.1, 0.15) is 32.6 Å². The van der Waals surface area contributed by atoms with Gasteiger partial charge in [0.2, 0.25) is 5.91 Å². The number of nitrogens with zero attached hydrogens (tertiary/aromatic N) is 3. The van der Waals surface area contributed by atoms with Crippen LogP contribution >= 0.6 is 11.8 Å². The van der Waals surface area contributed by atoms with Gasteiger partial charge in [-0.1, -0.05) is 48.5 Å². The molecule has 1 N–H and O–H groups in total. The van der Waals surface area contributed by atoms with Gasteiger partial charge in [0.15, 0.2) is 0 Å². The van der Waals surface area contributed by atoms with Gasteiger partial charge in [-0.25, -0.2) is 5.43 Å². The Morgan fingerprint density at radius 3 is 2.61 bits per heavy atom. The molecule has 6 nitrogen and oxygen atoms in total. The standard InChI is InChI=1S/C24H22N4O2S/c29-22-17-31-24(28(22)15-13-18-6-2-1-3-7-18)20-11-9-19(10-12-20)23(30)27-26-16-21-8-4-5-14-25-21/h1-12,14,16,24H,13,15,17H2,(H,27,30)/b26-16-/t24-/m0/s1. The maximum Gasteiger partial charge on any atom is 0.271 e. The summed E-state index contributed by atoms with van der Waals surface area (Å²) in [4.78, 5) is 30.8. The summed E-state index contributed by atoms with van der Waals surface area (Å²) in [6, 6.07) is 23.0. The summed E-state index contributed by atoms with van der Waals surface area (Å²) in [6.07, 6.45) is 3.98. The van der Waals surface area contributed by atoms with E-state index in [2.05, 4.69) is 27.6 Å². The Bertz CT molecular complexity index is 1060. The number of thioether (sulfide) groups is 1. The molecule has 0 aliphatic carbocycles. The molecule has 1 fully saturated rings. The highest BCUT2D eigenvalue weighted by Crippen LogP contribution is 2.38. The van der Waals surface area contributed by atoms with Crippen LogP contribution in [0.2, 0.25) is 0 Å². The van der Waals surface area contributed by atoms with E-state index >= 15 is 0 Å². The normalized spacial score (nSPS) is 16.1. The fourth-order valence-corrected chi connectivity index (χ4v) is 4.56. The van der Waals surface area contributed by atoms with Crippen LogP contribution in [-0.4, -0.2) is 40.2 Å². The number of nitrogens with one attached hydrogen (secondary N) is 1. The average molecular weight is 431 g/mol. The minimum Gasteiger partial charge on any atom is -0.326 e. The SMILES string of the molecule is O=C(N/N=C\c1ccccn1)c1ccc([C@@H]2SCC(=O)N2CCc2ccccc2)cc1. The summed E-state index contributed by atoms with van der Waals surface area (Å²) in [5.74, 6) is 0.329. The van der Waals surface area contributed by atoms with Gasteiger partial charge in [0.25, 0.3) is 5.91 Å². The molecule has 4 rings (SSSR count). The first-order chi connectivity index (χ1) is 15.2. The lowest BCUT2D eigenvalue weighted by Gasteiger charge is -2.24. The van der Waals surface area contributed by atoms with E-state index in [0.717, 1.165) is 12.0 Å². The summed E-state index contributed by atoms with van der Waals surface area (Å²) in [7, 11) is 0. The summed E-state index contributed by atoms with van der Waals surface area (Å²) in [6.45, 7) is 0.672. The number of carbonyl (C=O) groups is 2. The van der Waals surface area contributed by atoms with E-state index in [-0.39, 0.29) is 17.2 Å². The van der Waals surface area contributed by atoms with Crippen LogP contribution in [0.25, 0.3) is 0 Å². The van der Waals surface area contributed by atoms with E-state index in [9.17, 15) is 9.59 Å². The Morgan fingerprint density at radius 2 is 1.87 bits per heavy atom. The molecule has 1 aliphatic rings. The second-order valence-corrected chi connectivity index (χ2v) is 8.13. The van der Waals surface area contributed by atoms with Crippen LogP contribution in [0.5, 0.6) is 0 Å². The number of rotatable bonds is 7. The van der Waals surface area contributed by atoms with Crippen molar-refractivity contribution in [3.8, 4) is 0 Å². The topological polar surface area (TPSA) is 74.7 Å². The predicted octanol–water partition coefficient (Wildman–Crippen LogP) is 3.66. The van der Waals surface area contributed by atoms with Crippen LogP contribution in [-0.2, 0) is 11.2 Å². The number of benzene rings is 2. The molecule has 2 aromatic carbocycles. The fourth-order valence-electron chi connectivity index (χ4n) is 3.34. The maximum atomic E-state index is 12.4. The van der Waals surface area contributed by atoms with E-state index in [4.69, 9.17) is 0 Å². The van der Waals surface area contributed by atoms with Gasteiger partial charge >= 0.3 is 0 Å². The molecule has 0 bridgehead atoms. The number of aromatic nitrogens is 1. The van der Waals surface area contributed by atoms with Crippen LogP contribution in [0.15, 0.2) is 84.1 Å². The second kappa shape index (κ2) is 10.0. The minimum atomic E-state index is -0.296. The van der Waals surface area contributed by atoms with Gasteiger partial charge in [-0.2, -0.15) is 5.10 Å². The van der Waals surface area contributed by atoms with Crippen LogP contribution in [0.3, 0.4) is 0 Å². The monoisotopic (exact) mass is 430 g/mol. The molecular formula is C24H22N4O2S. The van der Waals surface area contributed by atoms with Gasteiger partial charge < -0.3 is 4.90 Å². The van der Waals surface area contributed by atoms with Gasteiger partial charge in [-0.15, -0.1) is 11.8 Å². The van der Waals surface area contributed by atoms with Crippen LogP contribution < -0.4 is 5.43 Å². The Balaban J connectivity index is 1.37. The van der Waals surface area contributed by atoms with Gasteiger partial charge in [-0.05, 0) is 41.8 Å². The number of pyridine rings is 1. The zero-order valence-corrected chi connectivity index (χ0v) is 17.7. The second-order valence-electron chi connectivity index (χ2n) is 7.06. The number of carbonyl (C=O) groups excluding carboxylic acids is 2. The molecule has 1 atom stereocenters. The molecule has 0 spiro atoms. The summed E-state index contributed by atoms with van der Waals surface area (Å²) in [5.41, 5.74) is 5.91. The molecule has 3 aromatic rings. The molecular weight excluding hydrogens is 408 g/mol. The first kappa shape index (κ1) is 20.8. The fraction of sp³-hybridized carbons (Fsp3) is 0.167. The zero-order valence-electron chi connectivity index (χ0n) is 16.8. The highest BCUT2D eigenvalue weighted by Gasteiger charge is 2.32. The molecule has 7 heteroatoms. The van der Waals surface area contributed by atoms with Crippen molar-refractivity contribution in [3.05, 3.63) is 101 Å². The zero-order chi connectivity index (χ0) is 21.5.